The van der Waals surface area contributed by atoms with Crippen molar-refractivity contribution in [3.63, 3.8) is 0 Å². The van der Waals surface area contributed by atoms with E-state index in [4.69, 9.17) is 0 Å². The van der Waals surface area contributed by atoms with E-state index in [1.165, 1.54) is 5.56 Å². The third-order valence-corrected chi connectivity index (χ3v) is 3.32. The largest absolute Gasteiger partial charge is 0.390 e. The van der Waals surface area contributed by atoms with Crippen LogP contribution in [0.15, 0.2) is 22.7 Å². The number of carbonyl (C=O) groups excluding carboxylic acids is 1. The van der Waals surface area contributed by atoms with Crippen LogP contribution in [0.25, 0.3) is 0 Å². The summed E-state index contributed by atoms with van der Waals surface area (Å²) in [7, 11) is 0. The molecule has 1 heterocycles. The van der Waals surface area contributed by atoms with Crippen molar-refractivity contribution in [3.8, 4) is 0 Å². The lowest BCUT2D eigenvalue weighted by molar-refractivity contribution is -0.122. The summed E-state index contributed by atoms with van der Waals surface area (Å²) in [6, 6.07) is 5.94. The minimum Gasteiger partial charge on any atom is -0.390 e. The Morgan fingerprint density at radius 1 is 1.53 bits per heavy atom. The van der Waals surface area contributed by atoms with Crippen molar-refractivity contribution in [1.29, 1.82) is 0 Å². The van der Waals surface area contributed by atoms with Crippen LogP contribution < -0.4 is 4.90 Å². The van der Waals surface area contributed by atoms with Gasteiger partial charge in [-0.3, -0.25) is 4.79 Å². The molecule has 1 aromatic carbocycles. The Balaban J connectivity index is 2.20. The molecule has 0 atom stereocenters. The SMILES string of the molecule is CC(C)(O)CC(=O)N1CCc2cc(Br)ccc21. The van der Waals surface area contributed by atoms with Crippen LogP contribution in [0.4, 0.5) is 5.69 Å². The van der Waals surface area contributed by atoms with Gasteiger partial charge in [-0.1, -0.05) is 15.9 Å². The topological polar surface area (TPSA) is 40.5 Å². The molecule has 3 nitrogen and oxygen atoms in total. The number of rotatable bonds is 2. The lowest BCUT2D eigenvalue weighted by Gasteiger charge is -2.22. The molecule has 0 spiro atoms. The van der Waals surface area contributed by atoms with Gasteiger partial charge in [0.2, 0.25) is 5.91 Å². The zero-order chi connectivity index (χ0) is 12.6. The first kappa shape index (κ1) is 12.6. The Morgan fingerprint density at radius 3 is 2.88 bits per heavy atom. The molecule has 1 aliphatic heterocycles. The molecule has 0 fully saturated rings. The maximum atomic E-state index is 12.1. The molecule has 1 N–H and O–H groups in total. The van der Waals surface area contributed by atoms with Crippen LogP contribution >= 0.6 is 15.9 Å². The Kier molecular flexibility index (Phi) is 3.27. The molecule has 17 heavy (non-hydrogen) atoms. The first-order valence-electron chi connectivity index (χ1n) is 5.68. The van der Waals surface area contributed by atoms with Crippen LogP contribution in [0.5, 0.6) is 0 Å². The number of aliphatic hydroxyl groups is 1. The molecule has 0 aliphatic carbocycles. The predicted molar refractivity (Wildman–Crippen MR) is 71.1 cm³/mol. The molecule has 0 aromatic heterocycles. The molecule has 0 unspecified atom stereocenters. The van der Waals surface area contributed by atoms with E-state index >= 15 is 0 Å². The van der Waals surface area contributed by atoms with Crippen LogP contribution in [0.2, 0.25) is 0 Å². The first-order valence-corrected chi connectivity index (χ1v) is 6.47. The summed E-state index contributed by atoms with van der Waals surface area (Å²) in [4.78, 5) is 13.8. The van der Waals surface area contributed by atoms with Crippen molar-refractivity contribution in [2.24, 2.45) is 0 Å². The molecule has 0 bridgehead atoms. The fourth-order valence-corrected chi connectivity index (χ4v) is 2.50. The summed E-state index contributed by atoms with van der Waals surface area (Å²) in [5, 5.41) is 9.69. The average molecular weight is 298 g/mol. The van der Waals surface area contributed by atoms with Crippen LogP contribution in [0.3, 0.4) is 0 Å². The normalized spacial score (nSPS) is 14.9. The van der Waals surface area contributed by atoms with Crippen molar-refractivity contribution >= 4 is 27.5 Å². The summed E-state index contributed by atoms with van der Waals surface area (Å²) in [5.74, 6) is -0.0152. The predicted octanol–water partition coefficient (Wildman–Crippen LogP) is 2.50. The second-order valence-electron chi connectivity index (χ2n) is 5.06. The van der Waals surface area contributed by atoms with Crippen molar-refractivity contribution in [2.75, 3.05) is 11.4 Å². The highest BCUT2D eigenvalue weighted by atomic mass is 79.9. The molecule has 0 radical (unpaired) electrons. The number of hydrogen-bond donors (Lipinski definition) is 1. The zero-order valence-corrected chi connectivity index (χ0v) is 11.6. The number of fused-ring (bicyclic) bond motifs is 1. The molecular formula is C13H16BrNO2. The number of carbonyl (C=O) groups is 1. The van der Waals surface area contributed by atoms with Gasteiger partial charge in [0.05, 0.1) is 12.0 Å². The highest BCUT2D eigenvalue weighted by Crippen LogP contribution is 2.31. The number of nitrogens with zero attached hydrogens (tertiary/aromatic N) is 1. The van der Waals surface area contributed by atoms with E-state index in [1.807, 2.05) is 18.2 Å². The summed E-state index contributed by atoms with van der Waals surface area (Å²) < 4.78 is 1.04. The molecule has 2 rings (SSSR count). The Labute approximate surface area is 110 Å². The minimum atomic E-state index is -0.949. The minimum absolute atomic E-state index is 0.0152. The van der Waals surface area contributed by atoms with Crippen molar-refractivity contribution in [2.45, 2.75) is 32.3 Å². The van der Waals surface area contributed by atoms with Gasteiger partial charge in [-0.05, 0) is 44.0 Å². The summed E-state index contributed by atoms with van der Waals surface area (Å²) >= 11 is 3.43. The Hall–Kier alpha value is -0.870. The van der Waals surface area contributed by atoms with Gasteiger partial charge in [-0.15, -0.1) is 0 Å². The number of benzene rings is 1. The lowest BCUT2D eigenvalue weighted by atomic mass is 10.0. The average Bonchev–Trinajstić information content (AvgIpc) is 2.57. The zero-order valence-electron chi connectivity index (χ0n) is 10.0. The molecule has 1 amide bonds. The molecule has 1 aromatic rings. The standard InChI is InChI=1S/C13H16BrNO2/c1-13(2,17)8-12(16)15-6-5-9-7-10(14)3-4-11(9)15/h3-4,7,17H,5-6,8H2,1-2H3. The third-order valence-electron chi connectivity index (χ3n) is 2.82. The molecule has 4 heteroatoms. The van der Waals surface area contributed by atoms with Gasteiger partial charge >= 0.3 is 0 Å². The molecule has 0 saturated heterocycles. The fraction of sp³-hybridized carbons (Fsp3) is 0.462. The van der Waals surface area contributed by atoms with Gasteiger partial charge in [-0.2, -0.15) is 0 Å². The van der Waals surface area contributed by atoms with E-state index in [0.717, 1.165) is 16.6 Å². The van der Waals surface area contributed by atoms with Crippen molar-refractivity contribution < 1.29 is 9.90 Å². The van der Waals surface area contributed by atoms with Crippen LogP contribution in [0.1, 0.15) is 25.8 Å². The number of halogens is 1. The molecule has 1 aliphatic rings. The molecule has 92 valence electrons. The van der Waals surface area contributed by atoms with Crippen molar-refractivity contribution in [3.05, 3.63) is 28.2 Å². The van der Waals surface area contributed by atoms with Gasteiger partial charge < -0.3 is 10.0 Å². The quantitative estimate of drug-likeness (QED) is 0.911. The first-order chi connectivity index (χ1) is 7.87. The Morgan fingerprint density at radius 2 is 2.24 bits per heavy atom. The van der Waals surface area contributed by atoms with Gasteiger partial charge in [0, 0.05) is 16.7 Å². The van der Waals surface area contributed by atoms with E-state index in [9.17, 15) is 9.90 Å². The maximum Gasteiger partial charge on any atom is 0.229 e. The van der Waals surface area contributed by atoms with Crippen LogP contribution in [0, 0.1) is 0 Å². The van der Waals surface area contributed by atoms with Gasteiger partial charge in [0.1, 0.15) is 0 Å². The summed E-state index contributed by atoms with van der Waals surface area (Å²) in [5.41, 5.74) is 1.21. The third kappa shape index (κ3) is 2.87. The van der Waals surface area contributed by atoms with Gasteiger partial charge in [0.25, 0.3) is 0 Å². The van der Waals surface area contributed by atoms with Gasteiger partial charge in [0.15, 0.2) is 0 Å². The summed E-state index contributed by atoms with van der Waals surface area (Å²) in [6.45, 7) is 4.02. The molecular weight excluding hydrogens is 282 g/mol. The second kappa shape index (κ2) is 4.42. The number of anilines is 1. The van der Waals surface area contributed by atoms with E-state index in [2.05, 4.69) is 15.9 Å². The van der Waals surface area contributed by atoms with E-state index in [-0.39, 0.29) is 12.3 Å². The van der Waals surface area contributed by atoms with Crippen LogP contribution in [-0.2, 0) is 11.2 Å². The maximum absolute atomic E-state index is 12.1. The second-order valence-corrected chi connectivity index (χ2v) is 5.97. The highest BCUT2D eigenvalue weighted by molar-refractivity contribution is 9.10. The fourth-order valence-electron chi connectivity index (χ4n) is 2.09. The highest BCUT2D eigenvalue weighted by Gasteiger charge is 2.28. The smallest absolute Gasteiger partial charge is 0.229 e. The number of amides is 1. The van der Waals surface area contributed by atoms with E-state index < -0.39 is 5.60 Å². The lowest BCUT2D eigenvalue weighted by Crippen LogP contribution is -2.35. The monoisotopic (exact) mass is 297 g/mol. The van der Waals surface area contributed by atoms with E-state index in [0.29, 0.717) is 6.54 Å². The number of hydrogen-bond acceptors (Lipinski definition) is 2. The molecule has 0 saturated carbocycles. The Bertz CT molecular complexity index is 451. The van der Waals surface area contributed by atoms with Crippen LogP contribution in [-0.4, -0.2) is 23.2 Å². The van der Waals surface area contributed by atoms with E-state index in [1.54, 1.807) is 18.7 Å². The van der Waals surface area contributed by atoms with Gasteiger partial charge in [-0.25, -0.2) is 0 Å². The van der Waals surface area contributed by atoms with Crippen molar-refractivity contribution in [1.82, 2.24) is 0 Å². The summed E-state index contributed by atoms with van der Waals surface area (Å²) in [6.07, 6.45) is 1.04.